The molecule has 0 atom stereocenters. The van der Waals surface area contributed by atoms with Crippen LogP contribution < -0.4 is 10.1 Å². The van der Waals surface area contributed by atoms with Gasteiger partial charge in [-0.15, -0.1) is 0 Å². The Labute approximate surface area is 161 Å². The Kier molecular flexibility index (Phi) is 5.49. The molecular weight excluding hydrogens is 373 g/mol. The van der Waals surface area contributed by atoms with Gasteiger partial charge in [0, 0.05) is 16.9 Å². The van der Waals surface area contributed by atoms with Gasteiger partial charge in [0.15, 0.2) is 12.4 Å². The maximum atomic E-state index is 12.4. The van der Waals surface area contributed by atoms with Crippen molar-refractivity contribution < 1.29 is 9.53 Å². The fourth-order valence-corrected chi connectivity index (χ4v) is 2.82. The summed E-state index contributed by atoms with van der Waals surface area (Å²) in [5.74, 6) is 0.218. The zero-order valence-corrected chi connectivity index (χ0v) is 15.8. The molecule has 1 amide bonds. The van der Waals surface area contributed by atoms with Crippen LogP contribution in [0.2, 0.25) is 10.0 Å². The highest BCUT2D eigenvalue weighted by atomic mass is 35.5. The van der Waals surface area contributed by atoms with E-state index in [1.807, 2.05) is 32.0 Å². The number of carbonyl (C=O) groups is 1. The van der Waals surface area contributed by atoms with Gasteiger partial charge < -0.3 is 10.1 Å². The van der Waals surface area contributed by atoms with Crippen LogP contribution in [0.1, 0.15) is 21.6 Å². The predicted molar refractivity (Wildman–Crippen MR) is 103 cm³/mol. The van der Waals surface area contributed by atoms with Gasteiger partial charge in [-0.1, -0.05) is 35.3 Å². The summed E-state index contributed by atoms with van der Waals surface area (Å²) in [5, 5.41) is 8.06. The molecule has 0 bridgehead atoms. The van der Waals surface area contributed by atoms with Crippen LogP contribution in [0.4, 0.5) is 5.69 Å². The highest BCUT2D eigenvalue weighted by molar-refractivity contribution is 6.35. The van der Waals surface area contributed by atoms with Crippen LogP contribution in [-0.2, 0) is 6.73 Å². The molecule has 0 aliphatic heterocycles. The monoisotopic (exact) mass is 389 g/mol. The zero-order valence-electron chi connectivity index (χ0n) is 14.3. The molecule has 0 fully saturated rings. The number of carbonyl (C=O) groups excluding carboxylic acids is 1. The smallest absolute Gasteiger partial charge is 0.276 e. The third-order valence-corrected chi connectivity index (χ3v) is 4.50. The summed E-state index contributed by atoms with van der Waals surface area (Å²) in [6.07, 6.45) is 1.67. The molecule has 0 saturated carbocycles. The largest absolute Gasteiger partial charge is 0.470 e. The molecule has 5 nitrogen and oxygen atoms in total. The number of hydrogen-bond acceptors (Lipinski definition) is 3. The van der Waals surface area contributed by atoms with Gasteiger partial charge in [-0.05, 0) is 55.3 Å². The number of aromatic nitrogens is 2. The second-order valence-corrected chi connectivity index (χ2v) is 6.63. The Morgan fingerprint density at radius 2 is 2.00 bits per heavy atom. The number of amides is 1. The standard InChI is InChI=1S/C19H17Cl2N3O2/c1-12-4-3-5-16(13(12)2)22-19(25)17-8-9-24(23-17)11-26-18-7-6-14(20)10-15(18)21/h3-10H,11H2,1-2H3,(H,22,25). The van der Waals surface area contributed by atoms with E-state index in [0.29, 0.717) is 21.5 Å². The van der Waals surface area contributed by atoms with Gasteiger partial charge in [0.25, 0.3) is 5.91 Å². The lowest BCUT2D eigenvalue weighted by molar-refractivity contribution is 0.102. The fraction of sp³-hybridized carbons (Fsp3) is 0.158. The molecule has 1 aromatic heterocycles. The molecule has 1 N–H and O–H groups in total. The summed E-state index contributed by atoms with van der Waals surface area (Å²) in [7, 11) is 0. The zero-order chi connectivity index (χ0) is 18.7. The van der Waals surface area contributed by atoms with Crippen molar-refractivity contribution in [1.29, 1.82) is 0 Å². The van der Waals surface area contributed by atoms with E-state index in [9.17, 15) is 4.79 Å². The highest BCUT2D eigenvalue weighted by Crippen LogP contribution is 2.27. The Morgan fingerprint density at radius 3 is 2.77 bits per heavy atom. The first-order valence-corrected chi connectivity index (χ1v) is 8.68. The second-order valence-electron chi connectivity index (χ2n) is 5.79. The van der Waals surface area contributed by atoms with E-state index in [0.717, 1.165) is 16.8 Å². The molecule has 3 rings (SSSR count). The molecule has 0 unspecified atom stereocenters. The van der Waals surface area contributed by atoms with Crippen molar-refractivity contribution in [2.24, 2.45) is 0 Å². The minimum absolute atomic E-state index is 0.123. The summed E-state index contributed by atoms with van der Waals surface area (Å²) >= 11 is 11.9. The average Bonchev–Trinajstić information content (AvgIpc) is 3.07. The average molecular weight is 390 g/mol. The van der Waals surface area contributed by atoms with Crippen LogP contribution >= 0.6 is 23.2 Å². The molecule has 7 heteroatoms. The lowest BCUT2D eigenvalue weighted by Gasteiger charge is -2.09. The van der Waals surface area contributed by atoms with Crippen molar-refractivity contribution in [2.75, 3.05) is 5.32 Å². The van der Waals surface area contributed by atoms with Crippen LogP contribution in [0, 0.1) is 13.8 Å². The Morgan fingerprint density at radius 1 is 1.19 bits per heavy atom. The van der Waals surface area contributed by atoms with Crippen molar-refractivity contribution in [3.8, 4) is 5.75 Å². The SMILES string of the molecule is Cc1cccc(NC(=O)c2ccn(COc3ccc(Cl)cc3Cl)n2)c1C. The Hall–Kier alpha value is -2.50. The topological polar surface area (TPSA) is 56.2 Å². The normalized spacial score (nSPS) is 10.6. The molecule has 0 spiro atoms. The lowest BCUT2D eigenvalue weighted by atomic mass is 10.1. The number of ether oxygens (including phenoxy) is 1. The van der Waals surface area contributed by atoms with Gasteiger partial charge >= 0.3 is 0 Å². The number of aryl methyl sites for hydroxylation is 1. The number of rotatable bonds is 5. The van der Waals surface area contributed by atoms with Crippen LogP contribution in [0.15, 0.2) is 48.7 Å². The summed E-state index contributed by atoms with van der Waals surface area (Å²) < 4.78 is 7.12. The van der Waals surface area contributed by atoms with Gasteiger partial charge in [-0.2, -0.15) is 5.10 Å². The van der Waals surface area contributed by atoms with Crippen molar-refractivity contribution in [3.05, 3.63) is 75.5 Å². The Bertz CT molecular complexity index is 954. The van der Waals surface area contributed by atoms with E-state index in [4.69, 9.17) is 27.9 Å². The maximum absolute atomic E-state index is 12.4. The van der Waals surface area contributed by atoms with E-state index in [2.05, 4.69) is 10.4 Å². The quantitative estimate of drug-likeness (QED) is 0.660. The van der Waals surface area contributed by atoms with Gasteiger partial charge in [0.05, 0.1) is 5.02 Å². The Balaban J connectivity index is 1.65. The van der Waals surface area contributed by atoms with E-state index in [-0.39, 0.29) is 12.6 Å². The summed E-state index contributed by atoms with van der Waals surface area (Å²) in [4.78, 5) is 12.4. The number of hydrogen-bond donors (Lipinski definition) is 1. The summed E-state index contributed by atoms with van der Waals surface area (Å²) in [6.45, 7) is 4.09. The van der Waals surface area contributed by atoms with Gasteiger partial charge in [0.2, 0.25) is 0 Å². The minimum Gasteiger partial charge on any atom is -0.470 e. The second kappa shape index (κ2) is 7.81. The van der Waals surface area contributed by atoms with Crippen LogP contribution in [0.25, 0.3) is 0 Å². The number of halogens is 2. The first kappa shape index (κ1) is 18.3. The van der Waals surface area contributed by atoms with E-state index >= 15 is 0 Å². The van der Waals surface area contributed by atoms with Crippen LogP contribution in [-0.4, -0.2) is 15.7 Å². The van der Waals surface area contributed by atoms with E-state index in [1.54, 1.807) is 30.5 Å². The molecule has 2 aromatic carbocycles. The van der Waals surface area contributed by atoms with Crippen molar-refractivity contribution >= 4 is 34.8 Å². The molecule has 1 heterocycles. The number of benzene rings is 2. The molecule has 134 valence electrons. The molecule has 0 radical (unpaired) electrons. The third-order valence-electron chi connectivity index (χ3n) is 3.97. The highest BCUT2D eigenvalue weighted by Gasteiger charge is 2.12. The van der Waals surface area contributed by atoms with Crippen molar-refractivity contribution in [3.63, 3.8) is 0 Å². The molecular formula is C19H17Cl2N3O2. The van der Waals surface area contributed by atoms with Gasteiger partial charge in [-0.3, -0.25) is 4.79 Å². The van der Waals surface area contributed by atoms with Gasteiger partial charge in [-0.25, -0.2) is 4.68 Å². The fourth-order valence-electron chi connectivity index (χ4n) is 2.36. The number of anilines is 1. The molecule has 0 saturated heterocycles. The third kappa shape index (κ3) is 4.18. The first-order chi connectivity index (χ1) is 12.4. The lowest BCUT2D eigenvalue weighted by Crippen LogP contribution is -2.15. The maximum Gasteiger partial charge on any atom is 0.276 e. The molecule has 3 aromatic rings. The van der Waals surface area contributed by atoms with Crippen LogP contribution in [0.5, 0.6) is 5.75 Å². The van der Waals surface area contributed by atoms with Crippen LogP contribution in [0.3, 0.4) is 0 Å². The molecule has 26 heavy (non-hydrogen) atoms. The van der Waals surface area contributed by atoms with Crippen molar-refractivity contribution in [2.45, 2.75) is 20.6 Å². The van der Waals surface area contributed by atoms with Crippen molar-refractivity contribution in [1.82, 2.24) is 9.78 Å². The summed E-state index contributed by atoms with van der Waals surface area (Å²) in [5.41, 5.74) is 3.22. The number of nitrogens with zero attached hydrogens (tertiary/aromatic N) is 2. The predicted octanol–water partition coefficient (Wildman–Crippen LogP) is 5.10. The van der Waals surface area contributed by atoms with E-state index < -0.39 is 0 Å². The van der Waals surface area contributed by atoms with E-state index in [1.165, 1.54) is 4.68 Å². The minimum atomic E-state index is -0.276. The van der Waals surface area contributed by atoms with Gasteiger partial charge in [0.1, 0.15) is 5.75 Å². The molecule has 0 aliphatic carbocycles. The summed E-state index contributed by atoms with van der Waals surface area (Å²) in [6, 6.07) is 12.4. The first-order valence-electron chi connectivity index (χ1n) is 7.93. The number of nitrogens with one attached hydrogen (secondary N) is 1. The molecule has 0 aliphatic rings.